The molecule has 0 saturated carbocycles. The highest BCUT2D eigenvalue weighted by atomic mass is 35.5. The number of hydrogen-bond donors (Lipinski definition) is 1. The van der Waals surface area contributed by atoms with E-state index in [2.05, 4.69) is 41.4 Å². The average Bonchev–Trinajstić information content (AvgIpc) is 2.61. The Kier molecular flexibility index (Phi) is 7.88. The second-order valence-electron chi connectivity index (χ2n) is 6.42. The van der Waals surface area contributed by atoms with E-state index in [0.29, 0.717) is 18.4 Å². The largest absolute Gasteiger partial charge is 0.340 e. The molecule has 1 N–H and O–H groups in total. The average molecular weight is 370 g/mol. The lowest BCUT2D eigenvalue weighted by atomic mass is 10.0. The van der Waals surface area contributed by atoms with Gasteiger partial charge in [-0.3, -0.25) is 9.69 Å². The van der Waals surface area contributed by atoms with Crippen molar-refractivity contribution in [3.63, 3.8) is 0 Å². The highest BCUT2D eigenvalue weighted by Gasteiger charge is 2.25. The van der Waals surface area contributed by atoms with Crippen LogP contribution in [0.15, 0.2) is 24.3 Å². The van der Waals surface area contributed by atoms with Crippen LogP contribution in [0.3, 0.4) is 0 Å². The molecule has 2 heterocycles. The number of halogens is 1. The molecule has 0 aliphatic carbocycles. The van der Waals surface area contributed by atoms with E-state index in [0.717, 1.165) is 45.0 Å². The Morgan fingerprint density at radius 1 is 1.21 bits per heavy atom. The molecule has 1 atom stereocenters. The molecule has 134 valence electrons. The normalized spacial score (nSPS) is 22.0. The summed E-state index contributed by atoms with van der Waals surface area (Å²) < 4.78 is 0. The highest BCUT2D eigenvalue weighted by molar-refractivity contribution is 7.99. The standard InChI is InChI=1S/C18H27N3OS.ClH/c1-15-2-4-16(5-3-15)17-14-23-13-12-20(17)9-6-18(22)21-10-7-19-8-11-21;/h2-5,17,19H,6-14H2,1H3;1H. The van der Waals surface area contributed by atoms with Crippen LogP contribution in [0.2, 0.25) is 0 Å². The zero-order chi connectivity index (χ0) is 16.1. The number of nitrogens with zero attached hydrogens (tertiary/aromatic N) is 2. The smallest absolute Gasteiger partial charge is 0.223 e. The van der Waals surface area contributed by atoms with Crippen LogP contribution >= 0.6 is 24.2 Å². The number of piperazine rings is 1. The first-order chi connectivity index (χ1) is 11.2. The SMILES string of the molecule is Cc1ccc(C2CSCCN2CCC(=O)N2CCNCC2)cc1.Cl. The fraction of sp³-hybridized carbons (Fsp3) is 0.611. The molecule has 1 amide bonds. The summed E-state index contributed by atoms with van der Waals surface area (Å²) in [6, 6.07) is 9.33. The lowest BCUT2D eigenvalue weighted by molar-refractivity contribution is -0.132. The van der Waals surface area contributed by atoms with E-state index in [1.54, 1.807) is 0 Å². The third-order valence-corrected chi connectivity index (χ3v) is 5.81. The zero-order valence-corrected chi connectivity index (χ0v) is 16.0. The number of carbonyl (C=O) groups is 1. The summed E-state index contributed by atoms with van der Waals surface area (Å²) in [5.74, 6) is 2.61. The molecule has 3 rings (SSSR count). The summed E-state index contributed by atoms with van der Waals surface area (Å²) >= 11 is 2.02. The summed E-state index contributed by atoms with van der Waals surface area (Å²) in [6.45, 7) is 7.66. The van der Waals surface area contributed by atoms with Gasteiger partial charge in [0, 0.05) is 63.2 Å². The van der Waals surface area contributed by atoms with Crippen LogP contribution in [0.4, 0.5) is 0 Å². The quantitative estimate of drug-likeness (QED) is 0.883. The third kappa shape index (κ3) is 5.12. The number of benzene rings is 1. The molecule has 2 aliphatic heterocycles. The number of amides is 1. The minimum atomic E-state index is 0. The van der Waals surface area contributed by atoms with Crippen molar-refractivity contribution in [1.82, 2.24) is 15.1 Å². The topological polar surface area (TPSA) is 35.6 Å². The Labute approximate surface area is 155 Å². The van der Waals surface area contributed by atoms with E-state index < -0.39 is 0 Å². The Morgan fingerprint density at radius 2 is 1.92 bits per heavy atom. The highest BCUT2D eigenvalue weighted by Crippen LogP contribution is 2.29. The molecule has 2 aliphatic rings. The van der Waals surface area contributed by atoms with Crippen molar-refractivity contribution in [2.24, 2.45) is 0 Å². The molecule has 4 nitrogen and oxygen atoms in total. The number of hydrogen-bond acceptors (Lipinski definition) is 4. The first kappa shape index (κ1) is 19.6. The van der Waals surface area contributed by atoms with Crippen molar-refractivity contribution in [1.29, 1.82) is 0 Å². The number of rotatable bonds is 4. The van der Waals surface area contributed by atoms with Crippen molar-refractivity contribution < 1.29 is 4.79 Å². The summed E-state index contributed by atoms with van der Waals surface area (Å²) in [4.78, 5) is 16.9. The van der Waals surface area contributed by atoms with Crippen LogP contribution in [0.25, 0.3) is 0 Å². The number of carbonyl (C=O) groups excluding carboxylic acids is 1. The van der Waals surface area contributed by atoms with Gasteiger partial charge in [0.05, 0.1) is 0 Å². The van der Waals surface area contributed by atoms with E-state index in [1.165, 1.54) is 16.9 Å². The van der Waals surface area contributed by atoms with Crippen LogP contribution in [0, 0.1) is 6.92 Å². The molecule has 0 radical (unpaired) electrons. The van der Waals surface area contributed by atoms with Crippen molar-refractivity contribution in [3.8, 4) is 0 Å². The second-order valence-corrected chi connectivity index (χ2v) is 7.57. The maximum atomic E-state index is 12.4. The van der Waals surface area contributed by atoms with E-state index >= 15 is 0 Å². The van der Waals surface area contributed by atoms with Gasteiger partial charge in [0.15, 0.2) is 0 Å². The Morgan fingerprint density at radius 3 is 2.62 bits per heavy atom. The van der Waals surface area contributed by atoms with Crippen LogP contribution in [0.1, 0.15) is 23.6 Å². The molecule has 0 spiro atoms. The molecular formula is C18H28ClN3OS. The first-order valence-electron chi connectivity index (χ1n) is 8.61. The third-order valence-electron chi connectivity index (χ3n) is 4.78. The van der Waals surface area contributed by atoms with E-state index in [-0.39, 0.29) is 12.4 Å². The molecule has 1 aromatic rings. The van der Waals surface area contributed by atoms with E-state index in [9.17, 15) is 4.79 Å². The van der Waals surface area contributed by atoms with Gasteiger partial charge in [-0.2, -0.15) is 11.8 Å². The minimum Gasteiger partial charge on any atom is -0.340 e. The van der Waals surface area contributed by atoms with Gasteiger partial charge in [0.25, 0.3) is 0 Å². The summed E-state index contributed by atoms with van der Waals surface area (Å²) in [6.07, 6.45) is 0.646. The summed E-state index contributed by atoms with van der Waals surface area (Å²) in [5, 5.41) is 3.30. The molecular weight excluding hydrogens is 342 g/mol. The maximum absolute atomic E-state index is 12.4. The van der Waals surface area contributed by atoms with Gasteiger partial charge < -0.3 is 10.2 Å². The van der Waals surface area contributed by atoms with Gasteiger partial charge in [0.2, 0.25) is 5.91 Å². The predicted octanol–water partition coefficient (Wildman–Crippen LogP) is 2.33. The summed E-state index contributed by atoms with van der Waals surface area (Å²) in [7, 11) is 0. The molecule has 6 heteroatoms. The van der Waals surface area contributed by atoms with Gasteiger partial charge in [-0.15, -0.1) is 12.4 Å². The molecule has 1 aromatic carbocycles. The van der Waals surface area contributed by atoms with Crippen LogP contribution < -0.4 is 5.32 Å². The number of thioether (sulfide) groups is 1. The predicted molar refractivity (Wildman–Crippen MR) is 104 cm³/mol. The number of aryl methyl sites for hydroxylation is 1. The Bertz CT molecular complexity index is 520. The van der Waals surface area contributed by atoms with E-state index in [4.69, 9.17) is 0 Å². The van der Waals surface area contributed by atoms with Crippen LogP contribution in [-0.2, 0) is 4.79 Å². The Hall–Kier alpha value is -0.750. The molecule has 2 saturated heterocycles. The van der Waals surface area contributed by atoms with Crippen molar-refractivity contribution in [2.75, 3.05) is 50.8 Å². The lowest BCUT2D eigenvalue weighted by Gasteiger charge is -2.36. The van der Waals surface area contributed by atoms with Crippen molar-refractivity contribution >= 4 is 30.1 Å². The molecule has 1 unspecified atom stereocenters. The van der Waals surface area contributed by atoms with Crippen molar-refractivity contribution in [3.05, 3.63) is 35.4 Å². The van der Waals surface area contributed by atoms with Crippen LogP contribution in [0.5, 0.6) is 0 Å². The molecule has 0 aromatic heterocycles. The molecule has 0 bridgehead atoms. The molecule has 24 heavy (non-hydrogen) atoms. The van der Waals surface area contributed by atoms with Gasteiger partial charge >= 0.3 is 0 Å². The van der Waals surface area contributed by atoms with Gasteiger partial charge in [-0.1, -0.05) is 29.8 Å². The number of nitrogens with one attached hydrogen (secondary N) is 1. The van der Waals surface area contributed by atoms with Gasteiger partial charge in [-0.05, 0) is 12.5 Å². The molecule has 2 fully saturated rings. The fourth-order valence-corrected chi connectivity index (χ4v) is 4.47. The Balaban J connectivity index is 0.00000208. The first-order valence-corrected chi connectivity index (χ1v) is 9.76. The maximum Gasteiger partial charge on any atom is 0.223 e. The minimum absolute atomic E-state index is 0. The monoisotopic (exact) mass is 369 g/mol. The summed E-state index contributed by atoms with van der Waals surface area (Å²) in [5.41, 5.74) is 2.69. The van der Waals surface area contributed by atoms with Crippen LogP contribution in [-0.4, -0.2) is 66.5 Å². The zero-order valence-electron chi connectivity index (χ0n) is 14.4. The lowest BCUT2D eigenvalue weighted by Crippen LogP contribution is -2.47. The van der Waals surface area contributed by atoms with Crippen molar-refractivity contribution in [2.45, 2.75) is 19.4 Å². The van der Waals surface area contributed by atoms with Gasteiger partial charge in [-0.25, -0.2) is 0 Å². The second kappa shape index (κ2) is 9.66. The van der Waals surface area contributed by atoms with Gasteiger partial charge in [0.1, 0.15) is 0 Å². The fourth-order valence-electron chi connectivity index (χ4n) is 3.31. The van der Waals surface area contributed by atoms with E-state index in [1.807, 2.05) is 16.7 Å².